The fourth-order valence-electron chi connectivity index (χ4n) is 2.60. The summed E-state index contributed by atoms with van der Waals surface area (Å²) < 4.78 is 13.6. The predicted molar refractivity (Wildman–Crippen MR) is 71.6 cm³/mol. The van der Waals surface area contributed by atoms with Gasteiger partial charge < -0.3 is 4.90 Å². The van der Waals surface area contributed by atoms with E-state index in [0.29, 0.717) is 12.2 Å². The largest absolute Gasteiger partial charge is 0.371 e. The standard InChI is InChI=1S/C15H20FNO/c1-15(2,3)11-7-8-17(9-11)14-6-4-5-13(16)12(14)10-18/h4-6,10-11H,7-9H2,1-3H3. The first-order valence-corrected chi connectivity index (χ1v) is 6.42. The van der Waals surface area contributed by atoms with Crippen molar-refractivity contribution in [1.82, 2.24) is 0 Å². The van der Waals surface area contributed by atoms with Gasteiger partial charge in [0.1, 0.15) is 5.82 Å². The molecule has 18 heavy (non-hydrogen) atoms. The number of aldehydes is 1. The second-order valence-electron chi connectivity index (χ2n) is 6.09. The topological polar surface area (TPSA) is 20.3 Å². The number of rotatable bonds is 2. The zero-order valence-electron chi connectivity index (χ0n) is 11.2. The Morgan fingerprint density at radius 3 is 2.67 bits per heavy atom. The first-order valence-electron chi connectivity index (χ1n) is 6.42. The number of anilines is 1. The first-order chi connectivity index (χ1) is 8.43. The molecule has 1 atom stereocenters. The van der Waals surface area contributed by atoms with Crippen molar-refractivity contribution in [3.05, 3.63) is 29.6 Å². The molecule has 1 unspecified atom stereocenters. The summed E-state index contributed by atoms with van der Waals surface area (Å²) in [6.07, 6.45) is 1.72. The molecule has 1 aromatic rings. The highest BCUT2D eigenvalue weighted by molar-refractivity contribution is 5.85. The smallest absolute Gasteiger partial charge is 0.155 e. The molecule has 0 saturated carbocycles. The lowest BCUT2D eigenvalue weighted by atomic mass is 9.80. The van der Waals surface area contributed by atoms with E-state index in [2.05, 4.69) is 25.7 Å². The van der Waals surface area contributed by atoms with Crippen LogP contribution in [0.1, 0.15) is 37.6 Å². The SMILES string of the molecule is CC(C)(C)C1CCN(c2cccc(F)c2C=O)C1. The van der Waals surface area contributed by atoms with Crippen molar-refractivity contribution in [2.45, 2.75) is 27.2 Å². The molecule has 3 heteroatoms. The second kappa shape index (κ2) is 4.71. The number of carbonyl (C=O) groups is 1. The van der Waals surface area contributed by atoms with Crippen LogP contribution in [-0.4, -0.2) is 19.4 Å². The summed E-state index contributed by atoms with van der Waals surface area (Å²) in [4.78, 5) is 13.1. The number of benzene rings is 1. The van der Waals surface area contributed by atoms with Gasteiger partial charge >= 0.3 is 0 Å². The lowest BCUT2D eigenvalue weighted by Gasteiger charge is -2.28. The molecule has 2 rings (SSSR count). The summed E-state index contributed by atoms with van der Waals surface area (Å²) >= 11 is 0. The third-order valence-electron chi connectivity index (χ3n) is 3.90. The van der Waals surface area contributed by atoms with Crippen molar-refractivity contribution in [2.24, 2.45) is 11.3 Å². The van der Waals surface area contributed by atoms with Crippen LogP contribution in [0, 0.1) is 17.2 Å². The Kier molecular flexibility index (Phi) is 3.42. The predicted octanol–water partition coefficient (Wildman–Crippen LogP) is 3.51. The Labute approximate surface area is 108 Å². The van der Waals surface area contributed by atoms with Crippen LogP contribution in [0.2, 0.25) is 0 Å². The van der Waals surface area contributed by atoms with E-state index in [1.807, 2.05) is 6.07 Å². The summed E-state index contributed by atoms with van der Waals surface area (Å²) in [5.74, 6) is 0.155. The summed E-state index contributed by atoms with van der Waals surface area (Å²) in [5.41, 5.74) is 1.17. The van der Waals surface area contributed by atoms with Crippen molar-refractivity contribution in [3.63, 3.8) is 0 Å². The minimum atomic E-state index is -0.429. The van der Waals surface area contributed by atoms with Crippen LogP contribution in [0.4, 0.5) is 10.1 Å². The van der Waals surface area contributed by atoms with Crippen LogP contribution in [-0.2, 0) is 0 Å². The van der Waals surface area contributed by atoms with E-state index in [1.165, 1.54) is 6.07 Å². The summed E-state index contributed by atoms with van der Waals surface area (Å²) in [6, 6.07) is 4.84. The molecule has 2 nitrogen and oxygen atoms in total. The average molecular weight is 249 g/mol. The van der Waals surface area contributed by atoms with E-state index in [-0.39, 0.29) is 11.0 Å². The van der Waals surface area contributed by atoms with Crippen LogP contribution >= 0.6 is 0 Å². The molecular formula is C15H20FNO. The van der Waals surface area contributed by atoms with Gasteiger partial charge in [-0.15, -0.1) is 0 Å². The molecule has 0 aliphatic carbocycles. The fourth-order valence-corrected chi connectivity index (χ4v) is 2.60. The summed E-state index contributed by atoms with van der Waals surface area (Å²) in [5, 5.41) is 0. The van der Waals surface area contributed by atoms with Gasteiger partial charge in [0.25, 0.3) is 0 Å². The number of hydrogen-bond acceptors (Lipinski definition) is 2. The zero-order chi connectivity index (χ0) is 13.3. The van der Waals surface area contributed by atoms with Crippen LogP contribution in [0.3, 0.4) is 0 Å². The van der Waals surface area contributed by atoms with E-state index in [1.54, 1.807) is 6.07 Å². The van der Waals surface area contributed by atoms with E-state index in [9.17, 15) is 9.18 Å². The van der Waals surface area contributed by atoms with Crippen molar-refractivity contribution in [1.29, 1.82) is 0 Å². The van der Waals surface area contributed by atoms with Crippen LogP contribution < -0.4 is 4.90 Å². The monoisotopic (exact) mass is 249 g/mol. The van der Waals surface area contributed by atoms with Gasteiger partial charge in [0.15, 0.2) is 6.29 Å². The van der Waals surface area contributed by atoms with Gasteiger partial charge in [-0.2, -0.15) is 0 Å². The van der Waals surface area contributed by atoms with Crippen LogP contribution in [0.25, 0.3) is 0 Å². The van der Waals surface area contributed by atoms with Gasteiger partial charge in [-0.25, -0.2) is 4.39 Å². The second-order valence-corrected chi connectivity index (χ2v) is 6.09. The molecule has 1 heterocycles. The Morgan fingerprint density at radius 2 is 2.11 bits per heavy atom. The molecule has 1 saturated heterocycles. The molecule has 0 aromatic heterocycles. The molecule has 98 valence electrons. The molecular weight excluding hydrogens is 229 g/mol. The quantitative estimate of drug-likeness (QED) is 0.747. The van der Waals surface area contributed by atoms with Crippen LogP contribution in [0.15, 0.2) is 18.2 Å². The molecule has 1 aromatic carbocycles. The van der Waals surface area contributed by atoms with E-state index < -0.39 is 5.82 Å². The fraction of sp³-hybridized carbons (Fsp3) is 0.533. The maximum Gasteiger partial charge on any atom is 0.155 e. The number of halogens is 1. The van der Waals surface area contributed by atoms with Gasteiger partial charge in [0.05, 0.1) is 11.3 Å². The summed E-state index contributed by atoms with van der Waals surface area (Å²) in [6.45, 7) is 8.48. The highest BCUT2D eigenvalue weighted by Crippen LogP contribution is 2.36. The van der Waals surface area contributed by atoms with E-state index in [4.69, 9.17) is 0 Å². The molecule has 0 amide bonds. The van der Waals surface area contributed by atoms with Gasteiger partial charge in [-0.1, -0.05) is 26.8 Å². The molecule has 1 fully saturated rings. The third-order valence-corrected chi connectivity index (χ3v) is 3.90. The van der Waals surface area contributed by atoms with Crippen molar-refractivity contribution < 1.29 is 9.18 Å². The highest BCUT2D eigenvalue weighted by atomic mass is 19.1. The molecule has 0 radical (unpaired) electrons. The minimum absolute atomic E-state index is 0.187. The van der Waals surface area contributed by atoms with Gasteiger partial charge in [-0.3, -0.25) is 4.79 Å². The Hall–Kier alpha value is -1.38. The maximum atomic E-state index is 13.6. The number of hydrogen-bond donors (Lipinski definition) is 0. The lowest BCUT2D eigenvalue weighted by molar-refractivity contribution is 0.112. The van der Waals surface area contributed by atoms with Gasteiger partial charge in [0.2, 0.25) is 0 Å². The molecule has 0 bridgehead atoms. The number of nitrogens with zero attached hydrogens (tertiary/aromatic N) is 1. The van der Waals surface area contributed by atoms with Crippen molar-refractivity contribution >= 4 is 12.0 Å². The molecule has 1 aliphatic heterocycles. The molecule has 1 aliphatic rings. The molecule has 0 spiro atoms. The van der Waals surface area contributed by atoms with Gasteiger partial charge in [0, 0.05) is 13.1 Å². The van der Waals surface area contributed by atoms with Gasteiger partial charge in [-0.05, 0) is 29.9 Å². The van der Waals surface area contributed by atoms with Crippen LogP contribution in [0.5, 0.6) is 0 Å². The normalized spacial score (nSPS) is 20.2. The Bertz CT molecular complexity index is 450. The highest BCUT2D eigenvalue weighted by Gasteiger charge is 2.32. The third kappa shape index (κ3) is 2.40. The van der Waals surface area contributed by atoms with E-state index in [0.717, 1.165) is 25.2 Å². The average Bonchev–Trinajstić information content (AvgIpc) is 2.77. The molecule has 0 N–H and O–H groups in total. The Morgan fingerprint density at radius 1 is 1.39 bits per heavy atom. The van der Waals surface area contributed by atoms with Crippen molar-refractivity contribution in [3.8, 4) is 0 Å². The number of carbonyl (C=O) groups excluding carboxylic acids is 1. The lowest BCUT2D eigenvalue weighted by Crippen LogP contribution is -2.26. The van der Waals surface area contributed by atoms with E-state index >= 15 is 0 Å². The first kappa shape index (κ1) is 13.1. The maximum absolute atomic E-state index is 13.6. The van der Waals surface area contributed by atoms with Crippen molar-refractivity contribution in [2.75, 3.05) is 18.0 Å². The Balaban J connectivity index is 2.25. The minimum Gasteiger partial charge on any atom is -0.371 e. The zero-order valence-corrected chi connectivity index (χ0v) is 11.2. The summed E-state index contributed by atoms with van der Waals surface area (Å²) in [7, 11) is 0.